The predicted molar refractivity (Wildman–Crippen MR) is 61.3 cm³/mol. The lowest BCUT2D eigenvalue weighted by atomic mass is 10.1. The van der Waals surface area contributed by atoms with Crippen molar-refractivity contribution in [2.45, 2.75) is 46.2 Å². The van der Waals surface area contributed by atoms with E-state index in [1.165, 1.54) is 5.56 Å². The number of aromatic nitrogens is 2. The zero-order valence-electron chi connectivity index (χ0n) is 10.0. The molecule has 1 atom stereocenters. The highest BCUT2D eigenvalue weighted by molar-refractivity contribution is 5.72. The number of rotatable bonds is 5. The predicted octanol–water partition coefficient (Wildman–Crippen LogP) is 0.864. The van der Waals surface area contributed by atoms with Crippen molar-refractivity contribution in [3.05, 3.63) is 17.0 Å². The number of nitrogens with two attached hydrogens (primary N) is 1. The number of hydrogen-bond acceptors (Lipinski definition) is 3. The van der Waals surface area contributed by atoms with Gasteiger partial charge in [-0.3, -0.25) is 9.48 Å². The average molecular weight is 225 g/mol. The van der Waals surface area contributed by atoms with Crippen molar-refractivity contribution in [1.82, 2.24) is 9.78 Å². The monoisotopic (exact) mass is 225 g/mol. The minimum atomic E-state index is -0.961. The first-order valence-corrected chi connectivity index (χ1v) is 5.48. The second-order valence-electron chi connectivity index (χ2n) is 3.96. The Morgan fingerprint density at radius 3 is 2.62 bits per heavy atom. The largest absolute Gasteiger partial charge is 0.480 e. The fourth-order valence-electron chi connectivity index (χ4n) is 1.85. The van der Waals surface area contributed by atoms with Crippen molar-refractivity contribution in [2.75, 3.05) is 0 Å². The number of nitrogens with zero attached hydrogens (tertiary/aromatic N) is 2. The first kappa shape index (κ1) is 12.7. The lowest BCUT2D eigenvalue weighted by Gasteiger charge is -2.08. The van der Waals surface area contributed by atoms with Crippen LogP contribution in [-0.4, -0.2) is 26.9 Å². The van der Waals surface area contributed by atoms with E-state index in [0.717, 1.165) is 17.8 Å². The van der Waals surface area contributed by atoms with Gasteiger partial charge in [-0.15, -0.1) is 0 Å². The number of carboxylic acid groups (broad SMARTS) is 1. The van der Waals surface area contributed by atoms with E-state index in [-0.39, 0.29) is 0 Å². The number of carboxylic acids is 1. The third kappa shape index (κ3) is 2.61. The molecule has 0 aliphatic rings. The zero-order chi connectivity index (χ0) is 12.3. The Morgan fingerprint density at radius 1 is 1.56 bits per heavy atom. The molecule has 1 aromatic rings. The lowest BCUT2D eigenvalue weighted by Crippen LogP contribution is -2.31. The maximum Gasteiger partial charge on any atom is 0.320 e. The molecule has 1 unspecified atom stereocenters. The van der Waals surface area contributed by atoms with Crippen LogP contribution in [0.3, 0.4) is 0 Å². The van der Waals surface area contributed by atoms with Crippen LogP contribution in [0.2, 0.25) is 0 Å². The van der Waals surface area contributed by atoms with Gasteiger partial charge in [0.1, 0.15) is 6.04 Å². The first-order valence-electron chi connectivity index (χ1n) is 5.48. The summed E-state index contributed by atoms with van der Waals surface area (Å²) in [6.45, 7) is 6.62. The van der Waals surface area contributed by atoms with Gasteiger partial charge in [0.25, 0.3) is 0 Å². The van der Waals surface area contributed by atoms with Gasteiger partial charge in [0, 0.05) is 12.2 Å². The van der Waals surface area contributed by atoms with Gasteiger partial charge in [-0.2, -0.15) is 5.10 Å². The van der Waals surface area contributed by atoms with Crippen molar-refractivity contribution in [3.63, 3.8) is 0 Å². The molecule has 1 aromatic heterocycles. The van der Waals surface area contributed by atoms with Gasteiger partial charge >= 0.3 is 5.97 Å². The van der Waals surface area contributed by atoms with Crippen molar-refractivity contribution in [1.29, 1.82) is 0 Å². The van der Waals surface area contributed by atoms with E-state index < -0.39 is 12.0 Å². The Labute approximate surface area is 95.3 Å². The van der Waals surface area contributed by atoms with E-state index in [1.807, 2.05) is 18.5 Å². The summed E-state index contributed by atoms with van der Waals surface area (Å²) in [5.74, 6) is -0.961. The van der Waals surface area contributed by atoms with Crippen LogP contribution in [0, 0.1) is 13.8 Å². The highest BCUT2D eigenvalue weighted by atomic mass is 16.4. The summed E-state index contributed by atoms with van der Waals surface area (Å²) in [6.07, 6.45) is 1.35. The number of aliphatic carboxylic acids is 1. The van der Waals surface area contributed by atoms with Crippen molar-refractivity contribution in [3.8, 4) is 0 Å². The standard InChI is InChI=1S/C11H19N3O2/c1-4-9-7(2)13-14(8(9)3)6-5-10(12)11(15)16/h10H,4-6,12H2,1-3H3,(H,15,16). The van der Waals surface area contributed by atoms with Crippen molar-refractivity contribution < 1.29 is 9.90 Å². The molecule has 0 saturated heterocycles. The average Bonchev–Trinajstić information content (AvgIpc) is 2.50. The Balaban J connectivity index is 2.71. The summed E-state index contributed by atoms with van der Waals surface area (Å²) in [4.78, 5) is 10.6. The van der Waals surface area contributed by atoms with Gasteiger partial charge < -0.3 is 10.8 Å². The summed E-state index contributed by atoms with van der Waals surface area (Å²) in [7, 11) is 0. The maximum absolute atomic E-state index is 10.6. The van der Waals surface area contributed by atoms with E-state index in [0.29, 0.717) is 13.0 Å². The number of aryl methyl sites for hydroxylation is 2. The molecule has 3 N–H and O–H groups in total. The summed E-state index contributed by atoms with van der Waals surface area (Å²) >= 11 is 0. The number of carbonyl (C=O) groups is 1. The van der Waals surface area contributed by atoms with Gasteiger partial charge in [0.15, 0.2) is 0 Å². The molecule has 0 fully saturated rings. The molecule has 0 amide bonds. The molecule has 5 nitrogen and oxygen atoms in total. The molecule has 0 spiro atoms. The molecule has 5 heteroatoms. The van der Waals surface area contributed by atoms with Crippen LogP contribution in [0.1, 0.15) is 30.3 Å². The minimum absolute atomic E-state index is 0.403. The normalized spacial score (nSPS) is 12.8. The molecule has 0 aliphatic carbocycles. The molecule has 90 valence electrons. The van der Waals surface area contributed by atoms with Crippen LogP contribution < -0.4 is 5.73 Å². The van der Waals surface area contributed by atoms with Gasteiger partial charge in [0.2, 0.25) is 0 Å². The molecule has 0 aromatic carbocycles. The SMILES string of the molecule is CCc1c(C)nn(CCC(N)C(=O)O)c1C. The van der Waals surface area contributed by atoms with Gasteiger partial charge in [-0.25, -0.2) is 0 Å². The number of hydrogen-bond donors (Lipinski definition) is 2. The molecule has 1 heterocycles. The fraction of sp³-hybridized carbons (Fsp3) is 0.636. The van der Waals surface area contributed by atoms with Crippen LogP contribution in [0.15, 0.2) is 0 Å². The minimum Gasteiger partial charge on any atom is -0.480 e. The van der Waals surface area contributed by atoms with Gasteiger partial charge in [0.05, 0.1) is 5.69 Å². The first-order chi connectivity index (χ1) is 7.47. The van der Waals surface area contributed by atoms with Crippen molar-refractivity contribution in [2.24, 2.45) is 5.73 Å². The Bertz CT molecular complexity index is 385. The van der Waals surface area contributed by atoms with Crippen LogP contribution >= 0.6 is 0 Å². The van der Waals surface area contributed by atoms with Crippen molar-refractivity contribution >= 4 is 5.97 Å². The molecule has 0 bridgehead atoms. The second kappa shape index (κ2) is 5.12. The Morgan fingerprint density at radius 2 is 2.19 bits per heavy atom. The summed E-state index contributed by atoms with van der Waals surface area (Å²) in [5, 5.41) is 13.1. The summed E-state index contributed by atoms with van der Waals surface area (Å²) in [5.41, 5.74) is 8.82. The summed E-state index contributed by atoms with van der Waals surface area (Å²) < 4.78 is 1.84. The molecular weight excluding hydrogens is 206 g/mol. The molecule has 0 radical (unpaired) electrons. The molecular formula is C11H19N3O2. The lowest BCUT2D eigenvalue weighted by molar-refractivity contribution is -0.138. The van der Waals surface area contributed by atoms with Crippen LogP contribution in [0.25, 0.3) is 0 Å². The van der Waals surface area contributed by atoms with E-state index in [1.54, 1.807) is 0 Å². The van der Waals surface area contributed by atoms with Crippen LogP contribution in [0.5, 0.6) is 0 Å². The second-order valence-corrected chi connectivity index (χ2v) is 3.96. The quantitative estimate of drug-likeness (QED) is 0.779. The summed E-state index contributed by atoms with van der Waals surface area (Å²) in [6, 6.07) is -0.811. The topological polar surface area (TPSA) is 81.1 Å². The third-order valence-corrected chi connectivity index (χ3v) is 2.85. The molecule has 16 heavy (non-hydrogen) atoms. The van der Waals surface area contributed by atoms with E-state index in [4.69, 9.17) is 10.8 Å². The van der Waals surface area contributed by atoms with Gasteiger partial charge in [-0.05, 0) is 32.3 Å². The smallest absolute Gasteiger partial charge is 0.320 e. The highest BCUT2D eigenvalue weighted by Crippen LogP contribution is 2.13. The molecule has 1 rings (SSSR count). The van der Waals surface area contributed by atoms with E-state index >= 15 is 0 Å². The molecule has 0 saturated carbocycles. The Kier molecular flexibility index (Phi) is 4.06. The highest BCUT2D eigenvalue weighted by Gasteiger charge is 2.14. The van der Waals surface area contributed by atoms with Crippen LogP contribution in [-0.2, 0) is 17.8 Å². The van der Waals surface area contributed by atoms with E-state index in [9.17, 15) is 4.79 Å². The molecule has 0 aliphatic heterocycles. The third-order valence-electron chi connectivity index (χ3n) is 2.85. The van der Waals surface area contributed by atoms with E-state index in [2.05, 4.69) is 12.0 Å². The maximum atomic E-state index is 10.6. The fourth-order valence-corrected chi connectivity index (χ4v) is 1.85. The van der Waals surface area contributed by atoms with Crippen LogP contribution in [0.4, 0.5) is 0 Å². The Hall–Kier alpha value is -1.36. The van der Waals surface area contributed by atoms with Gasteiger partial charge in [-0.1, -0.05) is 6.92 Å². The zero-order valence-corrected chi connectivity index (χ0v) is 10.0.